The van der Waals surface area contributed by atoms with E-state index in [1.54, 1.807) is 11.3 Å². The lowest BCUT2D eigenvalue weighted by molar-refractivity contribution is -0.133. The Morgan fingerprint density at radius 1 is 1.25 bits per heavy atom. The molecule has 1 fully saturated rings. The lowest BCUT2D eigenvalue weighted by Gasteiger charge is -2.31. The first-order valence-electron chi connectivity index (χ1n) is 9.72. The molecule has 1 amide bonds. The number of rotatable bonds is 3. The monoisotopic (exact) mass is 399 g/mol. The largest absolute Gasteiger partial charge is 0.341 e. The number of hydrogen-bond donors (Lipinski definition) is 1. The average Bonchev–Trinajstić information content (AvgIpc) is 3.35. The predicted molar refractivity (Wildman–Crippen MR) is 103 cm³/mol. The fourth-order valence-corrected chi connectivity index (χ4v) is 5.54. The highest BCUT2D eigenvalue weighted by molar-refractivity contribution is 7.18. The normalized spacial score (nSPS) is 17.8. The fourth-order valence-electron chi connectivity index (χ4n) is 4.27. The third kappa shape index (κ3) is 3.11. The number of aromatic amines is 1. The summed E-state index contributed by atoms with van der Waals surface area (Å²) in [5.74, 6) is 0.950. The van der Waals surface area contributed by atoms with Gasteiger partial charge in [0.15, 0.2) is 0 Å². The predicted octanol–water partition coefficient (Wildman–Crippen LogP) is 1.26. The van der Waals surface area contributed by atoms with Crippen molar-refractivity contribution in [3.63, 3.8) is 0 Å². The van der Waals surface area contributed by atoms with E-state index in [4.69, 9.17) is 4.98 Å². The number of thiophene rings is 1. The molecule has 0 aromatic carbocycles. The number of tetrazole rings is 1. The van der Waals surface area contributed by atoms with Gasteiger partial charge in [-0.25, -0.2) is 9.67 Å². The van der Waals surface area contributed by atoms with Crippen LogP contribution in [0.2, 0.25) is 0 Å². The van der Waals surface area contributed by atoms with E-state index < -0.39 is 0 Å². The number of piperidine rings is 1. The van der Waals surface area contributed by atoms with Crippen molar-refractivity contribution in [2.24, 2.45) is 0 Å². The van der Waals surface area contributed by atoms with Crippen molar-refractivity contribution in [2.75, 3.05) is 13.1 Å². The topological polar surface area (TPSA) is 110 Å². The number of fused-ring (bicyclic) bond motifs is 3. The standard InChI is InChI=1S/C18H21N7O2S/c26-14(9-25-10-19-22-23-25)24-7-5-11(6-8-24)16-20-17(27)15-12-3-1-2-4-13(12)28-18(15)21-16/h10-11H,1-9H2,(H,20,21,27). The lowest BCUT2D eigenvalue weighted by atomic mass is 9.95. The molecule has 5 rings (SSSR count). The molecule has 10 heteroatoms. The summed E-state index contributed by atoms with van der Waals surface area (Å²) >= 11 is 1.68. The molecule has 0 saturated carbocycles. The molecule has 3 aromatic rings. The number of aromatic nitrogens is 6. The number of aryl methyl sites for hydroxylation is 2. The molecule has 9 nitrogen and oxygen atoms in total. The Balaban J connectivity index is 1.32. The van der Waals surface area contributed by atoms with Crippen LogP contribution in [0.1, 0.15) is 47.9 Å². The van der Waals surface area contributed by atoms with Crippen LogP contribution in [-0.4, -0.2) is 54.1 Å². The van der Waals surface area contributed by atoms with Crippen molar-refractivity contribution in [2.45, 2.75) is 51.0 Å². The van der Waals surface area contributed by atoms with Crippen molar-refractivity contribution in [1.29, 1.82) is 0 Å². The number of likely N-dealkylation sites (tertiary alicyclic amines) is 1. The number of carbonyl (C=O) groups is 1. The SMILES string of the molecule is O=C(Cn1cnnn1)N1CCC(c2nc3sc4c(c3c(=O)[nH]2)CCCC4)CC1. The highest BCUT2D eigenvalue weighted by Crippen LogP contribution is 2.34. The minimum Gasteiger partial charge on any atom is -0.341 e. The van der Waals surface area contributed by atoms with Crippen LogP contribution in [0.25, 0.3) is 10.2 Å². The van der Waals surface area contributed by atoms with Crippen LogP contribution in [0.4, 0.5) is 0 Å². The van der Waals surface area contributed by atoms with Gasteiger partial charge in [-0.05, 0) is 54.5 Å². The number of nitrogens with one attached hydrogen (secondary N) is 1. The number of hydrogen-bond acceptors (Lipinski definition) is 7. The van der Waals surface area contributed by atoms with Gasteiger partial charge in [-0.1, -0.05) is 0 Å². The van der Waals surface area contributed by atoms with E-state index in [1.807, 2.05) is 4.90 Å². The van der Waals surface area contributed by atoms with Gasteiger partial charge in [0, 0.05) is 23.9 Å². The molecule has 1 N–H and O–H groups in total. The first-order chi connectivity index (χ1) is 13.7. The Bertz CT molecular complexity index is 1060. The Morgan fingerprint density at radius 3 is 2.86 bits per heavy atom. The van der Waals surface area contributed by atoms with Crippen molar-refractivity contribution in [3.8, 4) is 0 Å². The molecular weight excluding hydrogens is 378 g/mol. The van der Waals surface area contributed by atoms with Crippen LogP contribution >= 0.6 is 11.3 Å². The van der Waals surface area contributed by atoms with Gasteiger partial charge in [0.25, 0.3) is 5.56 Å². The van der Waals surface area contributed by atoms with Crippen molar-refractivity contribution in [1.82, 2.24) is 35.1 Å². The van der Waals surface area contributed by atoms with Crippen LogP contribution in [0.3, 0.4) is 0 Å². The van der Waals surface area contributed by atoms with Crippen molar-refractivity contribution in [3.05, 3.63) is 32.9 Å². The van der Waals surface area contributed by atoms with E-state index in [9.17, 15) is 9.59 Å². The third-order valence-corrected chi connectivity index (χ3v) is 6.95. The van der Waals surface area contributed by atoms with Crippen LogP contribution in [0.15, 0.2) is 11.1 Å². The fraction of sp³-hybridized carbons (Fsp3) is 0.556. The second-order valence-corrected chi connectivity index (χ2v) is 8.59. The second kappa shape index (κ2) is 7.08. The van der Waals surface area contributed by atoms with Crippen LogP contribution in [0.5, 0.6) is 0 Å². The van der Waals surface area contributed by atoms with Gasteiger partial charge in [0.1, 0.15) is 23.5 Å². The zero-order chi connectivity index (χ0) is 19.1. The van der Waals surface area contributed by atoms with E-state index >= 15 is 0 Å². The Kier molecular flexibility index (Phi) is 4.42. The molecule has 146 valence electrons. The summed E-state index contributed by atoms with van der Waals surface area (Å²) in [4.78, 5) is 37.0. The van der Waals surface area contributed by atoms with Crippen molar-refractivity contribution < 1.29 is 4.79 Å². The minimum atomic E-state index is -0.00316. The number of amides is 1. The molecule has 0 radical (unpaired) electrons. The summed E-state index contributed by atoms with van der Waals surface area (Å²) in [5.41, 5.74) is 1.21. The number of H-pyrrole nitrogens is 1. The van der Waals surface area contributed by atoms with Gasteiger partial charge in [0.05, 0.1) is 5.39 Å². The van der Waals surface area contributed by atoms with Gasteiger partial charge in [-0.3, -0.25) is 9.59 Å². The lowest BCUT2D eigenvalue weighted by Crippen LogP contribution is -2.40. The van der Waals surface area contributed by atoms with E-state index in [1.165, 1.54) is 27.9 Å². The maximum Gasteiger partial charge on any atom is 0.259 e. The molecule has 0 bridgehead atoms. The Hall–Kier alpha value is -2.62. The van der Waals surface area contributed by atoms with Crippen molar-refractivity contribution >= 4 is 27.5 Å². The highest BCUT2D eigenvalue weighted by atomic mass is 32.1. The molecule has 3 aromatic heterocycles. The first kappa shape index (κ1) is 17.5. The number of nitrogens with zero attached hydrogens (tertiary/aromatic N) is 6. The summed E-state index contributed by atoms with van der Waals surface area (Å²) in [6.45, 7) is 1.45. The molecule has 4 heterocycles. The van der Waals surface area contributed by atoms with E-state index in [2.05, 4.69) is 20.5 Å². The molecule has 28 heavy (non-hydrogen) atoms. The maximum absolute atomic E-state index is 12.8. The van der Waals surface area contributed by atoms with Crippen LogP contribution in [0, 0.1) is 0 Å². The van der Waals surface area contributed by atoms with Gasteiger partial charge in [-0.2, -0.15) is 0 Å². The summed E-state index contributed by atoms with van der Waals surface area (Å²) < 4.78 is 1.43. The molecule has 0 atom stereocenters. The summed E-state index contributed by atoms with van der Waals surface area (Å²) in [5, 5.41) is 11.6. The van der Waals surface area contributed by atoms with E-state index in [0.29, 0.717) is 13.1 Å². The Labute approximate surface area is 164 Å². The minimum absolute atomic E-state index is 0.00316. The van der Waals surface area contributed by atoms with Gasteiger partial charge < -0.3 is 9.88 Å². The van der Waals surface area contributed by atoms with Crippen LogP contribution < -0.4 is 5.56 Å². The van der Waals surface area contributed by atoms with E-state index in [-0.39, 0.29) is 23.9 Å². The highest BCUT2D eigenvalue weighted by Gasteiger charge is 2.27. The zero-order valence-electron chi connectivity index (χ0n) is 15.4. The second-order valence-electron chi connectivity index (χ2n) is 7.50. The molecule has 1 aliphatic carbocycles. The third-order valence-electron chi connectivity index (χ3n) is 5.77. The molecule has 0 spiro atoms. The number of carbonyl (C=O) groups excluding carboxylic acids is 1. The maximum atomic E-state index is 12.8. The average molecular weight is 399 g/mol. The first-order valence-corrected chi connectivity index (χ1v) is 10.5. The van der Waals surface area contributed by atoms with Crippen LogP contribution in [-0.2, 0) is 24.2 Å². The quantitative estimate of drug-likeness (QED) is 0.710. The summed E-state index contributed by atoms with van der Waals surface area (Å²) in [6, 6.07) is 0. The van der Waals surface area contributed by atoms with Gasteiger partial charge in [-0.15, -0.1) is 16.4 Å². The molecule has 2 aliphatic rings. The molecule has 1 saturated heterocycles. The smallest absolute Gasteiger partial charge is 0.259 e. The van der Waals surface area contributed by atoms with E-state index in [0.717, 1.165) is 48.1 Å². The molecular formula is C18H21N7O2S. The van der Waals surface area contributed by atoms with Gasteiger partial charge >= 0.3 is 0 Å². The van der Waals surface area contributed by atoms with Gasteiger partial charge in [0.2, 0.25) is 5.91 Å². The molecule has 1 aliphatic heterocycles. The Morgan fingerprint density at radius 2 is 2.07 bits per heavy atom. The summed E-state index contributed by atoms with van der Waals surface area (Å²) in [7, 11) is 0. The molecule has 0 unspecified atom stereocenters. The zero-order valence-corrected chi connectivity index (χ0v) is 16.2. The summed E-state index contributed by atoms with van der Waals surface area (Å²) in [6.07, 6.45) is 7.42.